The van der Waals surface area contributed by atoms with Gasteiger partial charge in [0.2, 0.25) is 5.60 Å². The number of hydrogen-bond donors (Lipinski definition) is 1. The second kappa shape index (κ2) is 17.4. The van der Waals surface area contributed by atoms with Crippen LogP contribution in [-0.2, 0) is 47.7 Å². The van der Waals surface area contributed by atoms with E-state index in [0.717, 1.165) is 46.2 Å². The van der Waals surface area contributed by atoms with E-state index in [0.29, 0.717) is 37.6 Å². The van der Waals surface area contributed by atoms with E-state index < -0.39 is 46.3 Å². The third kappa shape index (κ3) is 9.84. The van der Waals surface area contributed by atoms with Crippen molar-refractivity contribution in [2.24, 2.45) is 5.92 Å². The van der Waals surface area contributed by atoms with Crippen LogP contribution in [0, 0.1) is 5.92 Å². The summed E-state index contributed by atoms with van der Waals surface area (Å²) in [5.41, 5.74) is 2.84. The summed E-state index contributed by atoms with van der Waals surface area (Å²) in [5.74, 6) is -0.460. The fraction of sp³-hybridized carbons (Fsp3) is 0.636. The summed E-state index contributed by atoms with van der Waals surface area (Å²) >= 11 is 0. The van der Waals surface area contributed by atoms with Gasteiger partial charge in [0, 0.05) is 23.3 Å². The quantitative estimate of drug-likeness (QED) is 0.0547. The monoisotopic (exact) mass is 796 g/mol. The average molecular weight is 797 g/mol. The number of benzene rings is 2. The molecule has 11 heteroatoms. The molecular formula is C44H68O9Si2. The minimum absolute atomic E-state index is 0.00935. The van der Waals surface area contributed by atoms with Crippen molar-refractivity contribution in [2.75, 3.05) is 0 Å². The maximum Gasteiger partial charge on any atom is 0.378 e. The van der Waals surface area contributed by atoms with E-state index in [1.807, 2.05) is 25.1 Å². The van der Waals surface area contributed by atoms with Crippen LogP contribution in [0.15, 0.2) is 47.1 Å². The molecule has 3 aromatic rings. The Kier molecular flexibility index (Phi) is 14.2. The van der Waals surface area contributed by atoms with Gasteiger partial charge in [0.1, 0.15) is 29.8 Å². The molecule has 1 saturated heterocycles. The van der Waals surface area contributed by atoms with Crippen LogP contribution in [0.4, 0.5) is 0 Å². The summed E-state index contributed by atoms with van der Waals surface area (Å²) in [5, 5.41) is 10.3. The SMILES string of the molecule is CCCC(C(=O)C[C@H](O[Si](C)(C)C(C)(C)C)C1(C(=O)OO)O[C@@H]1CC)c1coc2c(CO[Si](C)(C)C(C)(C)C)c(OCc3ccccc3)c(CC(C)C)cc12. The molecule has 0 aliphatic carbocycles. The van der Waals surface area contributed by atoms with E-state index in [9.17, 15) is 14.8 Å². The summed E-state index contributed by atoms with van der Waals surface area (Å²) in [6.45, 7) is 30.7. The fourth-order valence-electron chi connectivity index (χ4n) is 6.84. The summed E-state index contributed by atoms with van der Waals surface area (Å²) in [6.07, 6.45) is 2.73. The molecule has 1 aliphatic rings. The molecule has 0 saturated carbocycles. The molecule has 2 unspecified atom stereocenters. The summed E-state index contributed by atoms with van der Waals surface area (Å²) < 4.78 is 33.0. The van der Waals surface area contributed by atoms with E-state index in [4.69, 9.17) is 22.7 Å². The number of furan rings is 1. The molecule has 2 aromatic carbocycles. The smallest absolute Gasteiger partial charge is 0.378 e. The third-order valence-electron chi connectivity index (χ3n) is 12.2. The lowest BCUT2D eigenvalue weighted by Gasteiger charge is -2.40. The second-order valence-electron chi connectivity index (χ2n) is 18.9. The molecule has 0 amide bonds. The largest absolute Gasteiger partial charge is 0.488 e. The Hall–Kier alpha value is -2.81. The predicted molar refractivity (Wildman–Crippen MR) is 223 cm³/mol. The molecule has 1 fully saturated rings. The molecule has 4 atom stereocenters. The minimum atomic E-state index is -2.54. The van der Waals surface area contributed by atoms with Crippen molar-refractivity contribution >= 4 is 39.4 Å². The number of rotatable bonds is 19. The molecule has 0 spiro atoms. The zero-order valence-corrected chi connectivity index (χ0v) is 38.0. The molecule has 0 radical (unpaired) electrons. The number of ketones is 1. The summed E-state index contributed by atoms with van der Waals surface area (Å²) in [6, 6.07) is 12.3. The van der Waals surface area contributed by atoms with Gasteiger partial charge in [0.15, 0.2) is 16.6 Å². The van der Waals surface area contributed by atoms with E-state index in [2.05, 4.69) is 112 Å². The van der Waals surface area contributed by atoms with Crippen LogP contribution in [0.1, 0.15) is 123 Å². The topological polar surface area (TPSA) is 117 Å². The average Bonchev–Trinajstić information content (AvgIpc) is 3.71. The Labute approximate surface area is 332 Å². The van der Waals surface area contributed by atoms with E-state index in [-0.39, 0.29) is 22.3 Å². The first-order valence-corrected chi connectivity index (χ1v) is 26.0. The number of fused-ring (bicyclic) bond motifs is 1. The molecule has 1 N–H and O–H groups in total. The van der Waals surface area contributed by atoms with Gasteiger partial charge in [-0.25, -0.2) is 4.79 Å². The fourth-order valence-corrected chi connectivity index (χ4v) is 9.10. The van der Waals surface area contributed by atoms with Crippen molar-refractivity contribution in [3.8, 4) is 5.75 Å². The van der Waals surface area contributed by atoms with Gasteiger partial charge < -0.3 is 22.7 Å². The molecule has 1 aliphatic heterocycles. The van der Waals surface area contributed by atoms with E-state index in [1.165, 1.54) is 0 Å². The van der Waals surface area contributed by atoms with E-state index in [1.54, 1.807) is 6.26 Å². The molecule has 2 heterocycles. The van der Waals surface area contributed by atoms with Crippen LogP contribution in [0.25, 0.3) is 11.0 Å². The van der Waals surface area contributed by atoms with Crippen molar-refractivity contribution in [2.45, 2.75) is 175 Å². The van der Waals surface area contributed by atoms with Gasteiger partial charge in [-0.05, 0) is 78.6 Å². The lowest BCUT2D eigenvalue weighted by Crippen LogP contribution is -2.52. The number of epoxide rings is 1. The van der Waals surface area contributed by atoms with Crippen molar-refractivity contribution in [3.05, 3.63) is 64.9 Å². The normalized spacial score (nSPS) is 19.1. The first kappa shape index (κ1) is 44.9. The molecule has 1 aromatic heterocycles. The Morgan fingerprint density at radius 3 is 2.11 bits per heavy atom. The molecule has 55 heavy (non-hydrogen) atoms. The van der Waals surface area contributed by atoms with Crippen LogP contribution in [0.2, 0.25) is 36.3 Å². The highest BCUT2D eigenvalue weighted by Gasteiger charge is 2.70. The first-order chi connectivity index (χ1) is 25.5. The van der Waals surface area contributed by atoms with Gasteiger partial charge in [0.25, 0.3) is 0 Å². The molecule has 9 nitrogen and oxygen atoms in total. The van der Waals surface area contributed by atoms with Crippen molar-refractivity contribution in [3.63, 3.8) is 0 Å². The molecule has 306 valence electrons. The molecular weight excluding hydrogens is 729 g/mol. The predicted octanol–water partition coefficient (Wildman–Crippen LogP) is 11.5. The maximum absolute atomic E-state index is 14.8. The highest BCUT2D eigenvalue weighted by Crippen LogP contribution is 2.50. The Morgan fingerprint density at radius 1 is 0.945 bits per heavy atom. The van der Waals surface area contributed by atoms with Gasteiger partial charge >= 0.3 is 5.97 Å². The first-order valence-electron chi connectivity index (χ1n) is 20.1. The zero-order chi connectivity index (χ0) is 41.1. The van der Waals surface area contributed by atoms with Gasteiger partial charge in [0.05, 0.1) is 24.5 Å². The number of carbonyl (C=O) groups is 2. The highest BCUT2D eigenvalue weighted by atomic mass is 28.4. The number of hydrogen-bond acceptors (Lipinski definition) is 9. The lowest BCUT2D eigenvalue weighted by molar-refractivity contribution is -0.243. The number of ether oxygens (including phenoxy) is 2. The van der Waals surface area contributed by atoms with Gasteiger partial charge in [-0.15, -0.1) is 0 Å². The van der Waals surface area contributed by atoms with Crippen LogP contribution in [-0.4, -0.2) is 51.5 Å². The molecule has 0 bridgehead atoms. The lowest BCUT2D eigenvalue weighted by atomic mass is 9.84. The van der Waals surface area contributed by atoms with Gasteiger partial charge in [-0.1, -0.05) is 106 Å². The molecule has 4 rings (SSSR count). The Bertz CT molecular complexity index is 1770. The zero-order valence-electron chi connectivity index (χ0n) is 36.0. The van der Waals surface area contributed by atoms with Crippen LogP contribution < -0.4 is 4.74 Å². The second-order valence-corrected chi connectivity index (χ2v) is 28.5. The van der Waals surface area contributed by atoms with Crippen molar-refractivity contribution in [1.29, 1.82) is 0 Å². The van der Waals surface area contributed by atoms with Gasteiger partial charge in [-0.2, -0.15) is 5.26 Å². The summed E-state index contributed by atoms with van der Waals surface area (Å²) in [4.78, 5) is 32.4. The minimum Gasteiger partial charge on any atom is -0.488 e. The van der Waals surface area contributed by atoms with Gasteiger partial charge in [-0.3, -0.25) is 9.68 Å². The maximum atomic E-state index is 14.8. The number of carbonyl (C=O) groups excluding carboxylic acids is 2. The van der Waals surface area contributed by atoms with Crippen LogP contribution >= 0.6 is 0 Å². The number of Topliss-reactive ketones (excluding diaryl/α,β-unsaturated/α-hetero) is 1. The highest BCUT2D eigenvalue weighted by molar-refractivity contribution is 6.74. The van der Waals surface area contributed by atoms with Crippen LogP contribution in [0.5, 0.6) is 5.75 Å². The van der Waals surface area contributed by atoms with Crippen LogP contribution in [0.3, 0.4) is 0 Å². The Morgan fingerprint density at radius 2 is 1.58 bits per heavy atom. The summed E-state index contributed by atoms with van der Waals surface area (Å²) in [7, 11) is -4.74. The Balaban J connectivity index is 1.86. The van der Waals surface area contributed by atoms with Crippen molar-refractivity contribution in [1.82, 2.24) is 0 Å². The van der Waals surface area contributed by atoms with Crippen molar-refractivity contribution < 1.29 is 42.5 Å². The van der Waals surface area contributed by atoms with E-state index >= 15 is 0 Å². The third-order valence-corrected chi connectivity index (χ3v) is 21.2. The standard InChI is InChI=1S/C44H68O9Si2/c1-15-20-32(36(45)25-38(53-55(13,14)43(8,9)10)44(41(46)52-47)37(16-2)51-44)34-27-49-40-33(34)24-31(23-29(3)4)39(48-26-30-21-18-17-19-22-30)35(40)28-50-54(11,12)42(5,6)7/h17-19,21-22,24,27,29,32,37-38,47H,15-16,20,23,25-26,28H2,1-14H3/t32?,37-,38+,44?/m1/s1.